The molecule has 0 saturated heterocycles. The zero-order chi connectivity index (χ0) is 14.1. The van der Waals surface area contributed by atoms with E-state index in [9.17, 15) is 0 Å². The minimum atomic E-state index is 0.356. The van der Waals surface area contributed by atoms with Gasteiger partial charge >= 0.3 is 0 Å². The quantitative estimate of drug-likeness (QED) is 0.717. The molecule has 0 aliphatic carbocycles. The van der Waals surface area contributed by atoms with Gasteiger partial charge in [0.15, 0.2) is 0 Å². The number of anilines is 1. The maximum absolute atomic E-state index is 5.96. The number of nitrogens with zero attached hydrogens (tertiary/aromatic N) is 2. The Morgan fingerprint density at radius 3 is 2.40 bits per heavy atom. The summed E-state index contributed by atoms with van der Waals surface area (Å²) in [6.07, 6.45) is 0. The van der Waals surface area contributed by atoms with Crippen molar-refractivity contribution in [2.24, 2.45) is 0 Å². The van der Waals surface area contributed by atoms with Crippen LogP contribution in [0.4, 0.5) is 5.69 Å². The van der Waals surface area contributed by atoms with E-state index in [1.807, 2.05) is 18.2 Å². The molecule has 1 heterocycles. The molecule has 0 spiro atoms. The molecule has 2 N–H and O–H groups in total. The highest BCUT2D eigenvalue weighted by molar-refractivity contribution is 6.35. The highest BCUT2D eigenvalue weighted by Crippen LogP contribution is 2.29. The maximum Gasteiger partial charge on any atom is 0.260 e. The molecule has 4 nitrogen and oxygen atoms in total. The highest BCUT2D eigenvalue weighted by Gasteiger charge is 2.13. The number of halogens is 2. The summed E-state index contributed by atoms with van der Waals surface area (Å²) in [6, 6.07) is 12.4. The Balaban J connectivity index is 2.04. The van der Waals surface area contributed by atoms with Gasteiger partial charge in [0.25, 0.3) is 5.89 Å². The van der Waals surface area contributed by atoms with E-state index < -0.39 is 0 Å². The Morgan fingerprint density at radius 1 is 1.00 bits per heavy atom. The van der Waals surface area contributed by atoms with E-state index in [-0.39, 0.29) is 0 Å². The molecule has 0 unspecified atom stereocenters. The van der Waals surface area contributed by atoms with Gasteiger partial charge in [0.2, 0.25) is 5.82 Å². The molecule has 0 bridgehead atoms. The molecule has 0 aliphatic rings. The SMILES string of the molecule is Nc1ccccc1-c1nc(-c2cc(Cl)cc(Cl)c2)no1. The van der Waals surface area contributed by atoms with Gasteiger partial charge in [-0.25, -0.2) is 0 Å². The smallest absolute Gasteiger partial charge is 0.260 e. The van der Waals surface area contributed by atoms with Gasteiger partial charge in [0.1, 0.15) is 0 Å². The Hall–Kier alpha value is -2.04. The van der Waals surface area contributed by atoms with Gasteiger partial charge in [0.05, 0.1) is 5.56 Å². The summed E-state index contributed by atoms with van der Waals surface area (Å²) in [7, 11) is 0. The summed E-state index contributed by atoms with van der Waals surface area (Å²) >= 11 is 11.9. The van der Waals surface area contributed by atoms with Crippen molar-refractivity contribution in [3.05, 3.63) is 52.5 Å². The normalized spacial score (nSPS) is 10.7. The molecule has 0 aliphatic heterocycles. The molecular weight excluding hydrogens is 297 g/mol. The van der Waals surface area contributed by atoms with Crippen molar-refractivity contribution in [2.75, 3.05) is 5.73 Å². The lowest BCUT2D eigenvalue weighted by atomic mass is 10.2. The molecule has 3 aromatic rings. The van der Waals surface area contributed by atoms with Crippen LogP contribution in [0.25, 0.3) is 22.8 Å². The van der Waals surface area contributed by atoms with Crippen LogP contribution in [-0.4, -0.2) is 10.1 Å². The summed E-state index contributed by atoms with van der Waals surface area (Å²) in [6.45, 7) is 0. The van der Waals surface area contributed by atoms with Gasteiger partial charge in [-0.2, -0.15) is 4.98 Å². The molecule has 100 valence electrons. The van der Waals surface area contributed by atoms with Crippen LogP contribution in [0.15, 0.2) is 47.0 Å². The zero-order valence-electron chi connectivity index (χ0n) is 10.2. The lowest BCUT2D eigenvalue weighted by Crippen LogP contribution is -1.89. The molecule has 0 saturated carbocycles. The van der Waals surface area contributed by atoms with Crippen molar-refractivity contribution in [3.63, 3.8) is 0 Å². The van der Waals surface area contributed by atoms with Crippen molar-refractivity contribution in [1.82, 2.24) is 10.1 Å². The minimum Gasteiger partial charge on any atom is -0.398 e. The Bertz CT molecular complexity index is 750. The number of aromatic nitrogens is 2. The Morgan fingerprint density at radius 2 is 1.70 bits per heavy atom. The number of nitrogen functional groups attached to an aromatic ring is 1. The maximum atomic E-state index is 5.96. The van der Waals surface area contributed by atoms with Crippen LogP contribution in [-0.2, 0) is 0 Å². The summed E-state index contributed by atoms with van der Waals surface area (Å²) in [4.78, 5) is 4.32. The van der Waals surface area contributed by atoms with E-state index in [1.54, 1.807) is 24.3 Å². The van der Waals surface area contributed by atoms with Crippen LogP contribution in [0.3, 0.4) is 0 Å². The van der Waals surface area contributed by atoms with E-state index >= 15 is 0 Å². The van der Waals surface area contributed by atoms with Crippen LogP contribution < -0.4 is 5.73 Å². The lowest BCUT2D eigenvalue weighted by molar-refractivity contribution is 0.432. The first-order valence-electron chi connectivity index (χ1n) is 5.78. The Labute approximate surface area is 125 Å². The average Bonchev–Trinajstić information content (AvgIpc) is 2.87. The highest BCUT2D eigenvalue weighted by atomic mass is 35.5. The number of para-hydroxylation sites is 1. The molecule has 0 atom stereocenters. The third kappa shape index (κ3) is 2.48. The van der Waals surface area contributed by atoms with Crippen LogP contribution in [0.2, 0.25) is 10.0 Å². The van der Waals surface area contributed by atoms with Gasteiger partial charge in [-0.05, 0) is 30.3 Å². The van der Waals surface area contributed by atoms with Gasteiger partial charge < -0.3 is 10.3 Å². The second-order valence-electron chi connectivity index (χ2n) is 4.17. The molecule has 20 heavy (non-hydrogen) atoms. The summed E-state index contributed by atoms with van der Waals surface area (Å²) in [5, 5.41) is 4.95. The van der Waals surface area contributed by atoms with Crippen molar-refractivity contribution in [2.45, 2.75) is 0 Å². The van der Waals surface area contributed by atoms with E-state index in [0.29, 0.717) is 38.6 Å². The Kier molecular flexibility index (Phi) is 3.34. The second-order valence-corrected chi connectivity index (χ2v) is 5.04. The summed E-state index contributed by atoms with van der Waals surface area (Å²) in [5.74, 6) is 0.766. The van der Waals surface area contributed by atoms with Crippen molar-refractivity contribution >= 4 is 28.9 Å². The molecule has 0 radical (unpaired) electrons. The topological polar surface area (TPSA) is 64.9 Å². The number of nitrogens with two attached hydrogens (primary N) is 1. The molecule has 2 aromatic carbocycles. The monoisotopic (exact) mass is 305 g/mol. The average molecular weight is 306 g/mol. The molecule has 6 heteroatoms. The van der Waals surface area contributed by atoms with Gasteiger partial charge in [-0.1, -0.05) is 40.5 Å². The fourth-order valence-corrected chi connectivity index (χ4v) is 2.35. The largest absolute Gasteiger partial charge is 0.398 e. The minimum absolute atomic E-state index is 0.356. The van der Waals surface area contributed by atoms with E-state index in [1.165, 1.54) is 0 Å². The van der Waals surface area contributed by atoms with Crippen LogP contribution in [0.5, 0.6) is 0 Å². The third-order valence-electron chi connectivity index (χ3n) is 2.74. The first kappa shape index (κ1) is 13.0. The van der Waals surface area contributed by atoms with E-state index in [2.05, 4.69) is 10.1 Å². The first-order chi connectivity index (χ1) is 9.63. The van der Waals surface area contributed by atoms with E-state index in [4.69, 9.17) is 33.5 Å². The standard InChI is InChI=1S/C14H9Cl2N3O/c15-9-5-8(6-10(16)7-9)13-18-14(20-19-13)11-3-1-2-4-12(11)17/h1-7H,17H2. The van der Waals surface area contributed by atoms with Gasteiger partial charge in [-0.15, -0.1) is 0 Å². The van der Waals surface area contributed by atoms with Crippen molar-refractivity contribution in [3.8, 4) is 22.8 Å². The summed E-state index contributed by atoms with van der Waals surface area (Å²) < 4.78 is 5.24. The predicted octanol–water partition coefficient (Wildman–Crippen LogP) is 4.29. The van der Waals surface area contributed by atoms with Crippen LogP contribution >= 0.6 is 23.2 Å². The molecule has 0 fully saturated rings. The lowest BCUT2D eigenvalue weighted by Gasteiger charge is -1.98. The van der Waals surface area contributed by atoms with Gasteiger partial charge in [0, 0.05) is 21.3 Å². The van der Waals surface area contributed by atoms with E-state index in [0.717, 1.165) is 0 Å². The van der Waals surface area contributed by atoms with Gasteiger partial charge in [-0.3, -0.25) is 0 Å². The zero-order valence-corrected chi connectivity index (χ0v) is 11.7. The predicted molar refractivity (Wildman–Crippen MR) is 79.6 cm³/mol. The number of rotatable bonds is 2. The second kappa shape index (κ2) is 5.15. The fraction of sp³-hybridized carbons (Fsp3) is 0. The van der Waals surface area contributed by atoms with Crippen LogP contribution in [0.1, 0.15) is 0 Å². The fourth-order valence-electron chi connectivity index (χ4n) is 1.82. The number of hydrogen-bond donors (Lipinski definition) is 1. The molecular formula is C14H9Cl2N3O. The number of hydrogen-bond acceptors (Lipinski definition) is 4. The summed E-state index contributed by atoms with van der Waals surface area (Å²) in [5.41, 5.74) is 7.84. The molecule has 3 rings (SSSR count). The van der Waals surface area contributed by atoms with Crippen LogP contribution in [0, 0.1) is 0 Å². The third-order valence-corrected chi connectivity index (χ3v) is 3.17. The first-order valence-corrected chi connectivity index (χ1v) is 6.54. The molecule has 0 amide bonds. The van der Waals surface area contributed by atoms with Crippen molar-refractivity contribution < 1.29 is 4.52 Å². The number of benzene rings is 2. The van der Waals surface area contributed by atoms with Crippen molar-refractivity contribution in [1.29, 1.82) is 0 Å². The molecule has 1 aromatic heterocycles.